The normalized spacial score (nSPS) is 13.9. The third-order valence-electron chi connectivity index (χ3n) is 6.37. The van der Waals surface area contributed by atoms with Crippen LogP contribution in [0.3, 0.4) is 0 Å². The van der Waals surface area contributed by atoms with Crippen LogP contribution in [0.4, 0.5) is 0 Å². The number of hydrogen-bond donors (Lipinski definition) is 2. The first kappa shape index (κ1) is 34.4. The lowest BCUT2D eigenvalue weighted by Crippen LogP contribution is -2.24. The Balaban J connectivity index is 4.01. The fourth-order valence-corrected chi connectivity index (χ4v) is 5.92. The fourth-order valence-electron chi connectivity index (χ4n) is 4.20. The van der Waals surface area contributed by atoms with E-state index in [9.17, 15) is 4.57 Å². The second kappa shape index (κ2) is 25.1. The van der Waals surface area contributed by atoms with Crippen LogP contribution in [-0.4, -0.2) is 40.1 Å². The van der Waals surface area contributed by atoms with Crippen LogP contribution >= 0.6 is 19.6 Å². The zero-order chi connectivity index (χ0) is 25.3. The minimum atomic E-state index is -4.37. The van der Waals surface area contributed by atoms with Gasteiger partial charge in [-0.3, -0.25) is 4.52 Å². The molecule has 0 aromatic rings. The van der Waals surface area contributed by atoms with E-state index in [-0.39, 0.29) is 12.7 Å². The summed E-state index contributed by atoms with van der Waals surface area (Å²) >= 11 is 2.06. The molecule has 2 atom stereocenters. The molecule has 0 radical (unpaired) electrons. The summed E-state index contributed by atoms with van der Waals surface area (Å²) in [6.07, 6.45) is 24.9. The summed E-state index contributed by atoms with van der Waals surface area (Å²) in [5.74, 6) is 1.20. The molecular formula is C27H57O5PS. The summed E-state index contributed by atoms with van der Waals surface area (Å²) in [5.41, 5.74) is 0. The zero-order valence-electron chi connectivity index (χ0n) is 22.7. The summed E-state index contributed by atoms with van der Waals surface area (Å²) < 4.78 is 21.3. The van der Waals surface area contributed by atoms with E-state index in [2.05, 4.69) is 37.1 Å². The highest BCUT2D eigenvalue weighted by Crippen LogP contribution is 2.35. The number of hydrogen-bond acceptors (Lipinski definition) is 4. The average molecular weight is 525 g/mol. The van der Waals surface area contributed by atoms with Crippen molar-refractivity contribution in [2.24, 2.45) is 0 Å². The summed E-state index contributed by atoms with van der Waals surface area (Å²) in [7, 11) is -4.37. The van der Waals surface area contributed by atoms with Crippen LogP contribution < -0.4 is 0 Å². The Hall–Kier alpha value is 0.420. The number of thioether (sulfide) groups is 1. The second-order valence-electron chi connectivity index (χ2n) is 9.75. The first-order valence-electron chi connectivity index (χ1n) is 14.3. The van der Waals surface area contributed by atoms with E-state index in [1.807, 2.05) is 0 Å². The molecule has 0 rings (SSSR count). The highest BCUT2D eigenvalue weighted by Gasteiger charge is 2.18. The van der Waals surface area contributed by atoms with Gasteiger partial charge in [-0.1, -0.05) is 117 Å². The van der Waals surface area contributed by atoms with E-state index < -0.39 is 7.82 Å². The third-order valence-corrected chi connectivity index (χ3v) is 8.46. The van der Waals surface area contributed by atoms with E-state index in [0.29, 0.717) is 18.3 Å². The Labute approximate surface area is 216 Å². The Morgan fingerprint density at radius 3 is 1.65 bits per heavy atom. The molecule has 0 aliphatic carbocycles. The fraction of sp³-hybridized carbons (Fsp3) is 1.00. The van der Waals surface area contributed by atoms with Gasteiger partial charge in [-0.15, -0.1) is 0 Å². The Morgan fingerprint density at radius 1 is 0.676 bits per heavy atom. The van der Waals surface area contributed by atoms with Crippen molar-refractivity contribution in [3.63, 3.8) is 0 Å². The van der Waals surface area contributed by atoms with Crippen molar-refractivity contribution < 1.29 is 23.6 Å². The Kier molecular flexibility index (Phi) is 25.4. The Morgan fingerprint density at radius 2 is 1.15 bits per heavy atom. The number of unbranched alkanes of at least 4 members (excludes halogenated alkanes) is 15. The van der Waals surface area contributed by atoms with Crippen molar-refractivity contribution >= 4 is 19.6 Å². The maximum atomic E-state index is 10.8. The van der Waals surface area contributed by atoms with Gasteiger partial charge in [-0.05, 0) is 31.9 Å². The molecule has 0 aromatic carbocycles. The lowest BCUT2D eigenvalue weighted by molar-refractivity contribution is 0.0521. The van der Waals surface area contributed by atoms with Crippen LogP contribution in [0.1, 0.15) is 143 Å². The molecule has 0 bridgehead atoms. The van der Waals surface area contributed by atoms with Crippen LogP contribution in [0.15, 0.2) is 0 Å². The molecule has 0 aliphatic rings. The molecule has 0 amide bonds. The standard InChI is InChI=1S/C27H57O5PS/c1-4-6-8-10-12-13-14-15-16-18-20-25-34-27(22-19-17-11-9-7-5-2)26(3)31-23-21-24-32-33(28,29)30/h26-27H,4-25H2,1-3H3,(H2,28,29,30). The molecule has 2 unspecified atom stereocenters. The van der Waals surface area contributed by atoms with Gasteiger partial charge in [-0.2, -0.15) is 11.8 Å². The van der Waals surface area contributed by atoms with Crippen molar-refractivity contribution in [3.8, 4) is 0 Å². The summed E-state index contributed by atoms with van der Waals surface area (Å²) in [5, 5.41) is 0.497. The molecule has 0 saturated carbocycles. The smallest absolute Gasteiger partial charge is 0.377 e. The van der Waals surface area contributed by atoms with Crippen molar-refractivity contribution in [2.45, 2.75) is 154 Å². The third kappa shape index (κ3) is 25.5. The van der Waals surface area contributed by atoms with Gasteiger partial charge in [0.25, 0.3) is 0 Å². The van der Waals surface area contributed by atoms with E-state index in [4.69, 9.17) is 14.5 Å². The van der Waals surface area contributed by atoms with Gasteiger partial charge in [-0.25, -0.2) is 4.57 Å². The maximum Gasteiger partial charge on any atom is 0.469 e. The van der Waals surface area contributed by atoms with Crippen molar-refractivity contribution in [1.82, 2.24) is 0 Å². The van der Waals surface area contributed by atoms with Gasteiger partial charge in [0.05, 0.1) is 12.7 Å². The molecule has 206 valence electrons. The molecule has 0 aliphatic heterocycles. The van der Waals surface area contributed by atoms with Crippen LogP contribution in [0.2, 0.25) is 0 Å². The summed E-state index contributed by atoms with van der Waals surface area (Å²) in [6, 6.07) is 0. The predicted octanol–water partition coefficient (Wildman–Crippen LogP) is 9.05. The monoisotopic (exact) mass is 524 g/mol. The van der Waals surface area contributed by atoms with Crippen LogP contribution in [-0.2, 0) is 13.8 Å². The van der Waals surface area contributed by atoms with Gasteiger partial charge in [0.15, 0.2) is 0 Å². The van der Waals surface area contributed by atoms with Gasteiger partial charge in [0, 0.05) is 11.9 Å². The minimum Gasteiger partial charge on any atom is -0.377 e. The van der Waals surface area contributed by atoms with Gasteiger partial charge in [0.2, 0.25) is 0 Å². The average Bonchev–Trinajstić information content (AvgIpc) is 2.79. The van der Waals surface area contributed by atoms with Crippen LogP contribution in [0, 0.1) is 0 Å². The number of phosphoric acid groups is 1. The molecule has 7 heteroatoms. The molecule has 5 nitrogen and oxygen atoms in total. The Bertz CT molecular complexity index is 460. The molecule has 0 spiro atoms. The lowest BCUT2D eigenvalue weighted by atomic mass is 10.1. The number of ether oxygens (including phenoxy) is 1. The lowest BCUT2D eigenvalue weighted by Gasteiger charge is -2.24. The van der Waals surface area contributed by atoms with Gasteiger partial charge in [0.1, 0.15) is 0 Å². The maximum absolute atomic E-state index is 10.8. The first-order valence-corrected chi connectivity index (χ1v) is 16.9. The molecule has 0 saturated heterocycles. The van der Waals surface area contributed by atoms with E-state index in [1.165, 1.54) is 121 Å². The molecule has 34 heavy (non-hydrogen) atoms. The highest BCUT2D eigenvalue weighted by atomic mass is 32.2. The molecule has 0 aromatic heterocycles. The van der Waals surface area contributed by atoms with Gasteiger partial charge >= 0.3 is 7.82 Å². The van der Waals surface area contributed by atoms with Crippen LogP contribution in [0.25, 0.3) is 0 Å². The minimum absolute atomic E-state index is 0.0327. The van der Waals surface area contributed by atoms with E-state index >= 15 is 0 Å². The summed E-state index contributed by atoms with van der Waals surface area (Å²) in [6.45, 7) is 7.19. The highest BCUT2D eigenvalue weighted by molar-refractivity contribution is 7.99. The zero-order valence-corrected chi connectivity index (χ0v) is 24.4. The predicted molar refractivity (Wildman–Crippen MR) is 149 cm³/mol. The largest absolute Gasteiger partial charge is 0.469 e. The van der Waals surface area contributed by atoms with Crippen molar-refractivity contribution in [1.29, 1.82) is 0 Å². The SMILES string of the molecule is CCCCCCCCCCCCCSC(CCCCCCCC)C(C)OCCCOP(=O)(O)O. The van der Waals surface area contributed by atoms with E-state index in [1.54, 1.807) is 0 Å². The quantitative estimate of drug-likeness (QED) is 0.0824. The molecule has 2 N–H and O–H groups in total. The van der Waals surface area contributed by atoms with Crippen molar-refractivity contribution in [3.05, 3.63) is 0 Å². The van der Waals surface area contributed by atoms with Gasteiger partial charge < -0.3 is 14.5 Å². The number of rotatable bonds is 27. The molecular weight excluding hydrogens is 467 g/mol. The molecule has 0 heterocycles. The molecule has 0 fully saturated rings. The first-order chi connectivity index (χ1) is 16.4. The topological polar surface area (TPSA) is 76.0 Å². The van der Waals surface area contributed by atoms with Crippen LogP contribution in [0.5, 0.6) is 0 Å². The van der Waals surface area contributed by atoms with E-state index in [0.717, 1.165) is 0 Å². The second-order valence-corrected chi connectivity index (χ2v) is 12.3. The summed E-state index contributed by atoms with van der Waals surface area (Å²) in [4.78, 5) is 17.5. The van der Waals surface area contributed by atoms with Crippen molar-refractivity contribution in [2.75, 3.05) is 19.0 Å². The number of phosphoric ester groups is 1.